The topological polar surface area (TPSA) is 83.8 Å². The molecule has 0 bridgehead atoms. The van der Waals surface area contributed by atoms with Crippen LogP contribution in [-0.4, -0.2) is 45.7 Å². The fourth-order valence-electron chi connectivity index (χ4n) is 3.25. The number of rotatable bonds is 14. The molecule has 3 unspecified atom stereocenters. The summed E-state index contributed by atoms with van der Waals surface area (Å²) in [6, 6.07) is 5.65. The first-order valence-corrected chi connectivity index (χ1v) is 11.1. The Morgan fingerprint density at radius 2 is 1.83 bits per heavy atom. The molecule has 160 valence electrons. The molecule has 29 heavy (non-hydrogen) atoms. The van der Waals surface area contributed by atoms with Crippen LogP contribution in [0.5, 0.6) is 5.75 Å². The van der Waals surface area contributed by atoms with Crippen LogP contribution in [0.15, 0.2) is 36.4 Å². The van der Waals surface area contributed by atoms with Gasteiger partial charge in [0.2, 0.25) is 0 Å². The highest BCUT2D eigenvalue weighted by Crippen LogP contribution is 2.32. The number of carbonyl (C=O) groups is 2. The SMILES string of the molecule is O=C(O)CCCCCCCC1C(=O)C=CC1SCC(O)COc1ccc(F)cc1. The monoisotopic (exact) mass is 424 g/mol. The highest BCUT2D eigenvalue weighted by atomic mass is 32.2. The number of halogens is 1. The van der Waals surface area contributed by atoms with Crippen molar-refractivity contribution < 1.29 is 28.9 Å². The molecule has 0 aromatic heterocycles. The molecule has 1 aromatic carbocycles. The average Bonchev–Trinajstić information content (AvgIpc) is 3.04. The van der Waals surface area contributed by atoms with Gasteiger partial charge >= 0.3 is 5.97 Å². The number of thioether (sulfide) groups is 1. The van der Waals surface area contributed by atoms with Gasteiger partial charge in [0.15, 0.2) is 5.78 Å². The van der Waals surface area contributed by atoms with E-state index in [0.29, 0.717) is 17.9 Å². The third-order valence-corrected chi connectivity index (χ3v) is 6.30. The Balaban J connectivity index is 1.62. The lowest BCUT2D eigenvalue weighted by atomic mass is 9.97. The predicted molar refractivity (Wildman–Crippen MR) is 112 cm³/mol. The molecule has 1 aliphatic rings. The van der Waals surface area contributed by atoms with E-state index in [1.807, 2.05) is 6.08 Å². The van der Waals surface area contributed by atoms with Gasteiger partial charge in [-0.3, -0.25) is 9.59 Å². The van der Waals surface area contributed by atoms with Crippen LogP contribution < -0.4 is 4.74 Å². The second-order valence-electron chi connectivity index (χ2n) is 7.28. The third kappa shape index (κ3) is 9.00. The van der Waals surface area contributed by atoms with E-state index in [-0.39, 0.29) is 35.8 Å². The van der Waals surface area contributed by atoms with E-state index in [2.05, 4.69) is 0 Å². The smallest absolute Gasteiger partial charge is 0.303 e. The average molecular weight is 425 g/mol. The molecular formula is C22H29FO5S. The minimum Gasteiger partial charge on any atom is -0.491 e. The number of benzene rings is 1. The molecule has 0 spiro atoms. The Labute approximate surface area is 175 Å². The molecule has 1 aromatic rings. The van der Waals surface area contributed by atoms with E-state index in [1.54, 1.807) is 17.8 Å². The summed E-state index contributed by atoms with van der Waals surface area (Å²) in [5.41, 5.74) is 0. The van der Waals surface area contributed by atoms with Gasteiger partial charge < -0.3 is 14.9 Å². The number of aliphatic carboxylic acids is 1. The largest absolute Gasteiger partial charge is 0.491 e. The van der Waals surface area contributed by atoms with Crippen molar-refractivity contribution in [2.45, 2.75) is 56.3 Å². The Bertz CT molecular complexity index is 676. The molecule has 0 aliphatic heterocycles. The molecule has 5 nitrogen and oxygen atoms in total. The van der Waals surface area contributed by atoms with Gasteiger partial charge in [0.05, 0.1) is 6.10 Å². The first-order chi connectivity index (χ1) is 14.0. The quantitative estimate of drug-likeness (QED) is 0.435. The van der Waals surface area contributed by atoms with E-state index in [4.69, 9.17) is 9.84 Å². The lowest BCUT2D eigenvalue weighted by Gasteiger charge is -2.19. The molecule has 0 heterocycles. The molecule has 0 saturated carbocycles. The fourth-order valence-corrected chi connectivity index (χ4v) is 4.48. The zero-order valence-corrected chi connectivity index (χ0v) is 17.3. The highest BCUT2D eigenvalue weighted by Gasteiger charge is 2.30. The van der Waals surface area contributed by atoms with Gasteiger partial charge in [0, 0.05) is 23.3 Å². The van der Waals surface area contributed by atoms with Crippen molar-refractivity contribution in [2.24, 2.45) is 5.92 Å². The van der Waals surface area contributed by atoms with E-state index in [9.17, 15) is 19.1 Å². The van der Waals surface area contributed by atoms with Crippen LogP contribution in [0.1, 0.15) is 44.9 Å². The summed E-state index contributed by atoms with van der Waals surface area (Å²) in [4.78, 5) is 22.6. The normalized spacial score (nSPS) is 19.4. The zero-order chi connectivity index (χ0) is 21.1. The van der Waals surface area contributed by atoms with Crippen LogP contribution >= 0.6 is 11.8 Å². The molecule has 0 saturated heterocycles. The molecule has 0 radical (unpaired) electrons. The van der Waals surface area contributed by atoms with Crippen molar-refractivity contribution in [3.05, 3.63) is 42.2 Å². The Morgan fingerprint density at radius 3 is 2.55 bits per heavy atom. The standard InChI is InChI=1S/C22H29FO5S/c23-16-8-10-18(11-9-16)28-14-17(24)15-29-21-13-12-20(25)19(21)6-4-2-1-3-5-7-22(26)27/h8-13,17,19,21,24H,1-7,14-15H2,(H,26,27). The molecule has 1 aliphatic carbocycles. The van der Waals surface area contributed by atoms with E-state index in [1.165, 1.54) is 24.3 Å². The summed E-state index contributed by atoms with van der Waals surface area (Å²) in [7, 11) is 0. The summed E-state index contributed by atoms with van der Waals surface area (Å²) < 4.78 is 18.3. The van der Waals surface area contributed by atoms with Crippen LogP contribution in [0, 0.1) is 11.7 Å². The number of ketones is 1. The van der Waals surface area contributed by atoms with Gasteiger partial charge in [-0.05, 0) is 43.2 Å². The number of allylic oxidation sites excluding steroid dienone is 1. The van der Waals surface area contributed by atoms with Gasteiger partial charge in [-0.25, -0.2) is 4.39 Å². The van der Waals surface area contributed by atoms with Gasteiger partial charge in [0.1, 0.15) is 18.2 Å². The van der Waals surface area contributed by atoms with Crippen LogP contribution in [0.3, 0.4) is 0 Å². The summed E-state index contributed by atoms with van der Waals surface area (Å²) >= 11 is 1.55. The van der Waals surface area contributed by atoms with E-state index >= 15 is 0 Å². The molecule has 3 atom stereocenters. The number of carbonyl (C=O) groups excluding carboxylic acids is 1. The van der Waals surface area contributed by atoms with E-state index < -0.39 is 12.1 Å². The third-order valence-electron chi connectivity index (χ3n) is 4.86. The van der Waals surface area contributed by atoms with Gasteiger partial charge in [-0.15, -0.1) is 0 Å². The van der Waals surface area contributed by atoms with Gasteiger partial charge in [-0.2, -0.15) is 11.8 Å². The summed E-state index contributed by atoms with van der Waals surface area (Å²) in [6.07, 6.45) is 8.43. The van der Waals surface area contributed by atoms with Crippen molar-refractivity contribution in [2.75, 3.05) is 12.4 Å². The van der Waals surface area contributed by atoms with E-state index in [0.717, 1.165) is 32.1 Å². The highest BCUT2D eigenvalue weighted by molar-refractivity contribution is 8.00. The van der Waals surface area contributed by atoms with Crippen LogP contribution in [0.4, 0.5) is 4.39 Å². The second-order valence-corrected chi connectivity index (χ2v) is 8.50. The van der Waals surface area contributed by atoms with Crippen molar-refractivity contribution >= 4 is 23.5 Å². The minimum atomic E-state index is -0.752. The number of hydrogen-bond donors (Lipinski definition) is 2. The minimum absolute atomic E-state index is 0.0516. The summed E-state index contributed by atoms with van der Waals surface area (Å²) in [6.45, 7) is 0.115. The summed E-state index contributed by atoms with van der Waals surface area (Å²) in [5.74, 6) is -0.0349. The Hall–Kier alpha value is -1.86. The predicted octanol–water partition coefficient (Wildman–Crippen LogP) is 4.24. The Kier molecular flexibility index (Phi) is 10.2. The van der Waals surface area contributed by atoms with Crippen LogP contribution in [0.2, 0.25) is 0 Å². The number of unbranched alkanes of at least 4 members (excludes halogenated alkanes) is 4. The first kappa shape index (κ1) is 23.4. The van der Waals surface area contributed by atoms with Crippen LogP contribution in [0.25, 0.3) is 0 Å². The molecular weight excluding hydrogens is 395 g/mol. The lowest BCUT2D eigenvalue weighted by molar-refractivity contribution is -0.137. The molecule has 2 N–H and O–H groups in total. The second kappa shape index (κ2) is 12.6. The van der Waals surface area contributed by atoms with Crippen molar-refractivity contribution in [3.63, 3.8) is 0 Å². The number of carboxylic acids is 1. The van der Waals surface area contributed by atoms with Crippen molar-refractivity contribution in [1.82, 2.24) is 0 Å². The van der Waals surface area contributed by atoms with Crippen LogP contribution in [-0.2, 0) is 9.59 Å². The molecule has 7 heteroatoms. The zero-order valence-electron chi connectivity index (χ0n) is 16.5. The molecule has 0 amide bonds. The number of aliphatic hydroxyl groups excluding tert-OH is 1. The maximum atomic E-state index is 12.9. The molecule has 2 rings (SSSR count). The van der Waals surface area contributed by atoms with Crippen molar-refractivity contribution in [3.8, 4) is 5.75 Å². The van der Waals surface area contributed by atoms with Gasteiger partial charge in [-0.1, -0.05) is 31.8 Å². The maximum absolute atomic E-state index is 12.9. The Morgan fingerprint density at radius 1 is 1.14 bits per heavy atom. The number of carboxylic acid groups (broad SMARTS) is 1. The molecule has 0 fully saturated rings. The first-order valence-electron chi connectivity index (χ1n) is 10.1. The number of aliphatic hydroxyl groups is 1. The maximum Gasteiger partial charge on any atom is 0.303 e. The van der Waals surface area contributed by atoms with Gasteiger partial charge in [0.25, 0.3) is 0 Å². The number of ether oxygens (including phenoxy) is 1. The number of hydrogen-bond acceptors (Lipinski definition) is 5. The fraction of sp³-hybridized carbons (Fsp3) is 0.545. The lowest BCUT2D eigenvalue weighted by Crippen LogP contribution is -2.24. The van der Waals surface area contributed by atoms with Crippen molar-refractivity contribution in [1.29, 1.82) is 0 Å². The summed E-state index contributed by atoms with van der Waals surface area (Å²) in [5, 5.41) is 18.8.